The molecule has 0 bridgehead atoms. The Morgan fingerprint density at radius 2 is 1.68 bits per heavy atom. The molecule has 0 saturated carbocycles. The third-order valence-corrected chi connectivity index (χ3v) is 3.73. The molecular formula is C21H27NO3. The summed E-state index contributed by atoms with van der Waals surface area (Å²) in [5.41, 5.74) is 2.91. The van der Waals surface area contributed by atoms with E-state index in [1.54, 1.807) is 19.2 Å². The largest absolute Gasteiger partial charge is 0.493 e. The minimum Gasteiger partial charge on any atom is -0.493 e. The first-order chi connectivity index (χ1) is 11.7. The molecule has 0 amide bonds. The average Bonchev–Trinajstić information content (AvgIpc) is 2.51. The molecule has 2 aromatic rings. The van der Waals surface area contributed by atoms with Crippen molar-refractivity contribution in [2.45, 2.75) is 34.6 Å². The Hall–Kier alpha value is -2.49. The van der Waals surface area contributed by atoms with E-state index < -0.39 is 0 Å². The Kier molecular flexibility index (Phi) is 5.73. The van der Waals surface area contributed by atoms with Gasteiger partial charge in [-0.3, -0.25) is 4.79 Å². The summed E-state index contributed by atoms with van der Waals surface area (Å²) in [4.78, 5) is 11.5. The lowest BCUT2D eigenvalue weighted by molar-refractivity contribution is 0.191. The van der Waals surface area contributed by atoms with Crippen molar-refractivity contribution in [3.8, 4) is 11.5 Å². The summed E-state index contributed by atoms with van der Waals surface area (Å²) < 4.78 is 13.3. The Morgan fingerprint density at radius 3 is 2.24 bits per heavy atom. The number of benzene rings is 1. The Labute approximate surface area is 149 Å². The fourth-order valence-electron chi connectivity index (χ4n) is 2.47. The summed E-state index contributed by atoms with van der Waals surface area (Å²) in [6.45, 7) is 10.8. The molecule has 1 aromatic heterocycles. The Morgan fingerprint density at radius 1 is 1.04 bits per heavy atom. The van der Waals surface area contributed by atoms with E-state index in [1.165, 1.54) is 0 Å². The number of aromatic nitrogens is 1. The van der Waals surface area contributed by atoms with Crippen LogP contribution in [0.15, 0.2) is 35.1 Å². The minimum absolute atomic E-state index is 0.0296. The van der Waals surface area contributed by atoms with E-state index in [-0.39, 0.29) is 10.8 Å². The zero-order valence-corrected chi connectivity index (χ0v) is 15.9. The van der Waals surface area contributed by atoms with Crippen molar-refractivity contribution >= 4 is 12.3 Å². The monoisotopic (exact) mass is 341 g/mol. The van der Waals surface area contributed by atoms with Gasteiger partial charge in [-0.1, -0.05) is 26.8 Å². The van der Waals surface area contributed by atoms with Gasteiger partial charge in [0.15, 0.2) is 16.9 Å². The third kappa shape index (κ3) is 5.24. The van der Waals surface area contributed by atoms with E-state index >= 15 is 0 Å². The second-order valence-electron chi connectivity index (χ2n) is 7.42. The molecule has 4 heteroatoms. The standard InChI is InChI=1S/C21H27NO3/c1-15-11-18(23)12-16(2)22(15)10-9-17-7-8-19(24-6)20(13-17)25-14-21(3,4)5/h7-13H,14H2,1-6H3. The molecule has 0 saturated heterocycles. The predicted octanol–water partition coefficient (Wildman–Crippen LogP) is 4.53. The van der Waals surface area contributed by atoms with Crippen LogP contribution in [-0.2, 0) is 0 Å². The van der Waals surface area contributed by atoms with E-state index in [0.717, 1.165) is 28.5 Å². The SMILES string of the molecule is COc1ccc(C=Cn2c(C)cc(=O)cc2C)cc1OCC(C)(C)C. The zero-order chi connectivity index (χ0) is 18.6. The van der Waals surface area contributed by atoms with E-state index in [0.29, 0.717) is 6.61 Å². The van der Waals surface area contributed by atoms with Crippen LogP contribution in [0.3, 0.4) is 0 Å². The van der Waals surface area contributed by atoms with Crippen LogP contribution in [0.4, 0.5) is 0 Å². The molecule has 0 atom stereocenters. The van der Waals surface area contributed by atoms with E-state index in [2.05, 4.69) is 20.8 Å². The topological polar surface area (TPSA) is 40.5 Å². The molecule has 0 aliphatic rings. The first kappa shape index (κ1) is 18.8. The van der Waals surface area contributed by atoms with Crippen molar-refractivity contribution in [3.63, 3.8) is 0 Å². The van der Waals surface area contributed by atoms with Gasteiger partial charge in [-0.05, 0) is 43.0 Å². The molecule has 0 spiro atoms. The maximum absolute atomic E-state index is 11.5. The number of pyridine rings is 1. The van der Waals surface area contributed by atoms with Gasteiger partial charge in [0, 0.05) is 29.7 Å². The van der Waals surface area contributed by atoms with Crippen LogP contribution < -0.4 is 14.9 Å². The number of aryl methyl sites for hydroxylation is 2. The lowest BCUT2D eigenvalue weighted by Gasteiger charge is -2.20. The highest BCUT2D eigenvalue weighted by molar-refractivity contribution is 5.64. The summed E-state index contributed by atoms with van der Waals surface area (Å²) in [6, 6.07) is 9.11. The maximum atomic E-state index is 11.5. The van der Waals surface area contributed by atoms with Gasteiger partial charge in [0.05, 0.1) is 13.7 Å². The van der Waals surface area contributed by atoms with Gasteiger partial charge in [0.25, 0.3) is 0 Å². The minimum atomic E-state index is 0.0296. The van der Waals surface area contributed by atoms with Crippen molar-refractivity contribution in [1.29, 1.82) is 0 Å². The molecule has 2 rings (SSSR count). The highest BCUT2D eigenvalue weighted by Gasteiger charge is 2.13. The van der Waals surface area contributed by atoms with Gasteiger partial charge in [-0.15, -0.1) is 0 Å². The normalized spacial score (nSPS) is 11.8. The molecule has 0 aliphatic heterocycles. The molecule has 0 N–H and O–H groups in total. The number of ether oxygens (including phenoxy) is 2. The summed E-state index contributed by atoms with van der Waals surface area (Å²) >= 11 is 0. The van der Waals surface area contributed by atoms with Crippen molar-refractivity contribution in [1.82, 2.24) is 4.57 Å². The van der Waals surface area contributed by atoms with Crippen LogP contribution in [0.2, 0.25) is 0 Å². The molecular weight excluding hydrogens is 314 g/mol. The molecule has 0 aliphatic carbocycles. The second-order valence-corrected chi connectivity index (χ2v) is 7.42. The Balaban J connectivity index is 2.30. The zero-order valence-electron chi connectivity index (χ0n) is 15.9. The lowest BCUT2D eigenvalue weighted by atomic mass is 9.99. The van der Waals surface area contributed by atoms with Gasteiger partial charge in [0.1, 0.15) is 0 Å². The van der Waals surface area contributed by atoms with Gasteiger partial charge in [0.2, 0.25) is 0 Å². The third-order valence-electron chi connectivity index (χ3n) is 3.73. The Bertz CT molecular complexity index is 800. The van der Waals surface area contributed by atoms with Crippen LogP contribution in [0, 0.1) is 19.3 Å². The fourth-order valence-corrected chi connectivity index (χ4v) is 2.47. The molecule has 1 heterocycles. The first-order valence-corrected chi connectivity index (χ1v) is 8.38. The van der Waals surface area contributed by atoms with Crippen LogP contribution in [0.5, 0.6) is 11.5 Å². The molecule has 4 nitrogen and oxygen atoms in total. The molecule has 1 aromatic carbocycles. The van der Waals surface area contributed by atoms with Gasteiger partial charge in [-0.25, -0.2) is 0 Å². The van der Waals surface area contributed by atoms with Crippen molar-refractivity contribution in [3.05, 3.63) is 57.5 Å². The second kappa shape index (κ2) is 7.60. The van der Waals surface area contributed by atoms with Crippen molar-refractivity contribution in [2.24, 2.45) is 5.41 Å². The van der Waals surface area contributed by atoms with Crippen LogP contribution in [0.25, 0.3) is 12.3 Å². The number of hydrogen-bond donors (Lipinski definition) is 0. The van der Waals surface area contributed by atoms with Crippen molar-refractivity contribution in [2.75, 3.05) is 13.7 Å². The van der Waals surface area contributed by atoms with Gasteiger partial charge in [-0.2, -0.15) is 0 Å². The van der Waals surface area contributed by atoms with E-state index in [9.17, 15) is 4.79 Å². The maximum Gasteiger partial charge on any atom is 0.182 e. The fraction of sp³-hybridized carbons (Fsp3) is 0.381. The smallest absolute Gasteiger partial charge is 0.182 e. The first-order valence-electron chi connectivity index (χ1n) is 8.38. The summed E-state index contributed by atoms with van der Waals surface area (Å²) in [5, 5.41) is 0. The quantitative estimate of drug-likeness (QED) is 0.802. The van der Waals surface area contributed by atoms with Gasteiger partial charge >= 0.3 is 0 Å². The summed E-state index contributed by atoms with van der Waals surface area (Å²) in [7, 11) is 1.64. The highest BCUT2D eigenvalue weighted by Crippen LogP contribution is 2.30. The van der Waals surface area contributed by atoms with Gasteiger partial charge < -0.3 is 14.0 Å². The lowest BCUT2D eigenvalue weighted by Crippen LogP contribution is -2.17. The number of nitrogens with zero attached hydrogens (tertiary/aromatic N) is 1. The number of hydrogen-bond acceptors (Lipinski definition) is 3. The van der Waals surface area contributed by atoms with E-state index in [1.807, 2.05) is 48.9 Å². The molecule has 0 unspecified atom stereocenters. The summed E-state index contributed by atoms with van der Waals surface area (Å²) in [5.74, 6) is 1.45. The molecule has 25 heavy (non-hydrogen) atoms. The predicted molar refractivity (Wildman–Crippen MR) is 103 cm³/mol. The average molecular weight is 341 g/mol. The van der Waals surface area contributed by atoms with Crippen LogP contribution in [0.1, 0.15) is 37.7 Å². The van der Waals surface area contributed by atoms with Crippen molar-refractivity contribution < 1.29 is 9.47 Å². The summed E-state index contributed by atoms with van der Waals surface area (Å²) in [6.07, 6.45) is 3.95. The molecule has 0 fully saturated rings. The highest BCUT2D eigenvalue weighted by atomic mass is 16.5. The number of methoxy groups -OCH3 is 1. The van der Waals surface area contributed by atoms with Crippen LogP contribution >= 0.6 is 0 Å². The molecule has 134 valence electrons. The van der Waals surface area contributed by atoms with E-state index in [4.69, 9.17) is 9.47 Å². The number of rotatable bonds is 5. The van der Waals surface area contributed by atoms with Crippen LogP contribution in [-0.4, -0.2) is 18.3 Å². The molecule has 0 radical (unpaired) electrons.